The molecule has 1 aliphatic rings. The van der Waals surface area contributed by atoms with Crippen molar-refractivity contribution in [1.82, 2.24) is 19.6 Å². The fraction of sp³-hybridized carbons (Fsp3) is 0.227. The van der Waals surface area contributed by atoms with Gasteiger partial charge in [-0.25, -0.2) is 8.42 Å². The molecule has 1 N–H and O–H groups in total. The summed E-state index contributed by atoms with van der Waals surface area (Å²) >= 11 is 0. The van der Waals surface area contributed by atoms with Gasteiger partial charge in [-0.2, -0.15) is 4.31 Å². The van der Waals surface area contributed by atoms with E-state index in [4.69, 9.17) is 0 Å². The number of sulfonamides is 1. The highest BCUT2D eigenvalue weighted by atomic mass is 32.2. The number of benzene rings is 1. The number of carbonyl (C=O) groups excluding carboxylic acids is 1. The van der Waals surface area contributed by atoms with Gasteiger partial charge in [-0.1, -0.05) is 0 Å². The maximum Gasteiger partial charge on any atom is 0.251 e. The summed E-state index contributed by atoms with van der Waals surface area (Å²) in [5.41, 5.74) is 3.09. The maximum absolute atomic E-state index is 12.6. The van der Waals surface area contributed by atoms with Crippen LogP contribution >= 0.6 is 0 Å². The lowest BCUT2D eigenvalue weighted by atomic mass is 10.1. The smallest absolute Gasteiger partial charge is 0.251 e. The van der Waals surface area contributed by atoms with Gasteiger partial charge in [0.1, 0.15) is 0 Å². The lowest BCUT2D eigenvalue weighted by molar-refractivity contribution is 0.0951. The second-order valence-electron chi connectivity index (χ2n) is 7.10. The van der Waals surface area contributed by atoms with Crippen LogP contribution in [0.1, 0.15) is 28.8 Å². The number of pyridine rings is 2. The van der Waals surface area contributed by atoms with Crippen molar-refractivity contribution in [3.05, 3.63) is 78.2 Å². The zero-order valence-corrected chi connectivity index (χ0v) is 17.2. The molecule has 0 radical (unpaired) electrons. The van der Waals surface area contributed by atoms with Crippen LogP contribution in [0.4, 0.5) is 0 Å². The Labute approximate surface area is 175 Å². The van der Waals surface area contributed by atoms with Gasteiger partial charge in [0, 0.05) is 49.4 Å². The predicted octanol–water partition coefficient (Wildman–Crippen LogP) is 2.86. The molecule has 3 heterocycles. The predicted molar refractivity (Wildman–Crippen MR) is 113 cm³/mol. The number of nitrogens with zero attached hydrogens (tertiary/aromatic N) is 3. The molecule has 0 unspecified atom stereocenters. The van der Waals surface area contributed by atoms with Gasteiger partial charge in [0.15, 0.2) is 0 Å². The number of aromatic nitrogens is 2. The molecule has 0 spiro atoms. The minimum Gasteiger partial charge on any atom is -0.348 e. The molecular weight excluding hydrogens is 400 g/mol. The van der Waals surface area contributed by atoms with Crippen molar-refractivity contribution in [2.45, 2.75) is 24.3 Å². The van der Waals surface area contributed by atoms with Crippen LogP contribution in [-0.4, -0.2) is 41.7 Å². The van der Waals surface area contributed by atoms with Gasteiger partial charge in [-0.3, -0.25) is 14.8 Å². The van der Waals surface area contributed by atoms with Crippen molar-refractivity contribution in [3.8, 4) is 11.3 Å². The SMILES string of the molecule is O=C(NCc1ccnc(-c2ccncc2)c1)c1ccc(S(=O)(=O)N2CCCC2)cc1. The molecule has 8 heteroatoms. The topological polar surface area (TPSA) is 92.3 Å². The number of hydrogen-bond donors (Lipinski definition) is 1. The first kappa shape index (κ1) is 20.2. The Morgan fingerprint density at radius 1 is 0.967 bits per heavy atom. The summed E-state index contributed by atoms with van der Waals surface area (Å²) < 4.78 is 26.7. The first-order chi connectivity index (χ1) is 14.5. The lowest BCUT2D eigenvalue weighted by Crippen LogP contribution is -2.28. The summed E-state index contributed by atoms with van der Waals surface area (Å²) in [6.07, 6.45) is 6.89. The fourth-order valence-electron chi connectivity index (χ4n) is 3.41. The number of carbonyl (C=O) groups is 1. The quantitative estimate of drug-likeness (QED) is 0.659. The standard InChI is InChI=1S/C22H22N4O3S/c27-22(19-3-5-20(6-4-19)30(28,29)26-13-1-2-14-26)25-16-17-7-12-24-21(15-17)18-8-10-23-11-9-18/h3-12,15H,1-2,13-14,16H2,(H,25,27). The van der Waals surface area contributed by atoms with E-state index in [0.717, 1.165) is 29.7 Å². The number of hydrogen-bond acceptors (Lipinski definition) is 5. The molecule has 154 valence electrons. The third kappa shape index (κ3) is 4.39. The fourth-order valence-corrected chi connectivity index (χ4v) is 4.92. The summed E-state index contributed by atoms with van der Waals surface area (Å²) in [4.78, 5) is 21.1. The Morgan fingerprint density at radius 3 is 2.37 bits per heavy atom. The number of rotatable bonds is 6. The second-order valence-corrected chi connectivity index (χ2v) is 9.04. The average Bonchev–Trinajstić information content (AvgIpc) is 3.34. The molecule has 0 bridgehead atoms. The van der Waals surface area contributed by atoms with E-state index in [2.05, 4.69) is 15.3 Å². The minimum atomic E-state index is -3.48. The lowest BCUT2D eigenvalue weighted by Gasteiger charge is -2.15. The summed E-state index contributed by atoms with van der Waals surface area (Å²) in [7, 11) is -3.48. The van der Waals surface area contributed by atoms with Crippen molar-refractivity contribution in [1.29, 1.82) is 0 Å². The van der Waals surface area contributed by atoms with Crippen molar-refractivity contribution in [2.24, 2.45) is 0 Å². The van der Waals surface area contributed by atoms with Crippen LogP contribution in [0.5, 0.6) is 0 Å². The van der Waals surface area contributed by atoms with Crippen LogP contribution in [0.2, 0.25) is 0 Å². The highest BCUT2D eigenvalue weighted by Crippen LogP contribution is 2.21. The minimum absolute atomic E-state index is 0.220. The Bertz CT molecular complexity index is 1130. The molecule has 3 aromatic rings. The highest BCUT2D eigenvalue weighted by molar-refractivity contribution is 7.89. The molecule has 1 amide bonds. The van der Waals surface area contributed by atoms with Gasteiger partial charge in [0.05, 0.1) is 10.6 Å². The van der Waals surface area contributed by atoms with E-state index < -0.39 is 10.0 Å². The van der Waals surface area contributed by atoms with Crippen LogP contribution < -0.4 is 5.32 Å². The largest absolute Gasteiger partial charge is 0.348 e. The molecule has 1 aromatic carbocycles. The third-order valence-electron chi connectivity index (χ3n) is 5.07. The van der Waals surface area contributed by atoms with Crippen LogP contribution in [-0.2, 0) is 16.6 Å². The molecular formula is C22H22N4O3S. The maximum atomic E-state index is 12.6. The summed E-state index contributed by atoms with van der Waals surface area (Å²) in [6.45, 7) is 1.45. The second kappa shape index (κ2) is 8.73. The Morgan fingerprint density at radius 2 is 1.67 bits per heavy atom. The van der Waals surface area contributed by atoms with Gasteiger partial charge in [-0.15, -0.1) is 0 Å². The van der Waals surface area contributed by atoms with Gasteiger partial charge in [-0.05, 0) is 66.9 Å². The normalized spacial score (nSPS) is 14.5. The van der Waals surface area contributed by atoms with Gasteiger partial charge in [0.25, 0.3) is 5.91 Å². The molecule has 0 atom stereocenters. The van der Waals surface area contributed by atoms with E-state index in [9.17, 15) is 13.2 Å². The molecule has 0 aliphatic carbocycles. The first-order valence-corrected chi connectivity index (χ1v) is 11.2. The molecule has 1 saturated heterocycles. The monoisotopic (exact) mass is 422 g/mol. The van der Waals surface area contributed by atoms with Crippen LogP contribution in [0, 0.1) is 0 Å². The highest BCUT2D eigenvalue weighted by Gasteiger charge is 2.27. The van der Waals surface area contributed by atoms with E-state index in [-0.39, 0.29) is 10.8 Å². The summed E-state index contributed by atoms with van der Waals surface area (Å²) in [5, 5.41) is 2.87. The molecule has 1 fully saturated rings. The van der Waals surface area contributed by atoms with Crippen LogP contribution in [0.3, 0.4) is 0 Å². The van der Waals surface area contributed by atoms with E-state index in [1.807, 2.05) is 24.3 Å². The molecule has 4 rings (SSSR count). The third-order valence-corrected chi connectivity index (χ3v) is 6.99. The summed E-state index contributed by atoms with van der Waals surface area (Å²) in [5.74, 6) is -0.262. The summed E-state index contributed by atoms with van der Waals surface area (Å²) in [6, 6.07) is 13.6. The van der Waals surface area contributed by atoms with E-state index >= 15 is 0 Å². The van der Waals surface area contributed by atoms with Crippen molar-refractivity contribution in [3.63, 3.8) is 0 Å². The molecule has 30 heavy (non-hydrogen) atoms. The molecule has 2 aromatic heterocycles. The van der Waals surface area contributed by atoms with Crippen LogP contribution in [0.15, 0.2) is 72.0 Å². The van der Waals surface area contributed by atoms with Crippen molar-refractivity contribution >= 4 is 15.9 Å². The van der Waals surface area contributed by atoms with Crippen LogP contribution in [0.25, 0.3) is 11.3 Å². The zero-order valence-electron chi connectivity index (χ0n) is 16.4. The molecule has 1 aliphatic heterocycles. The van der Waals surface area contributed by atoms with E-state index in [0.29, 0.717) is 25.2 Å². The molecule has 0 saturated carbocycles. The Kier molecular flexibility index (Phi) is 5.87. The number of nitrogens with one attached hydrogen (secondary N) is 1. The van der Waals surface area contributed by atoms with E-state index in [1.165, 1.54) is 16.4 Å². The van der Waals surface area contributed by atoms with Crippen molar-refractivity contribution < 1.29 is 13.2 Å². The Hall–Kier alpha value is -3.10. The number of amides is 1. The Balaban J connectivity index is 1.41. The first-order valence-electron chi connectivity index (χ1n) is 9.78. The molecule has 7 nitrogen and oxygen atoms in total. The van der Waals surface area contributed by atoms with Crippen molar-refractivity contribution in [2.75, 3.05) is 13.1 Å². The van der Waals surface area contributed by atoms with E-state index in [1.54, 1.807) is 30.7 Å². The van der Waals surface area contributed by atoms with Gasteiger partial charge < -0.3 is 5.32 Å². The van der Waals surface area contributed by atoms with Gasteiger partial charge >= 0.3 is 0 Å². The average molecular weight is 423 g/mol. The van der Waals surface area contributed by atoms with Gasteiger partial charge in [0.2, 0.25) is 10.0 Å². The zero-order chi connectivity index (χ0) is 21.0.